The summed E-state index contributed by atoms with van der Waals surface area (Å²) in [6.45, 7) is 2.12. The monoisotopic (exact) mass is 392 g/mol. The molecule has 5 aromatic rings. The third-order valence-corrected chi connectivity index (χ3v) is 4.47. The second-order valence-electron chi connectivity index (χ2n) is 5.95. The predicted molar refractivity (Wildman–Crippen MR) is 109 cm³/mol. The molecule has 3 N–H and O–H groups in total. The number of hydrogen-bond acceptors (Lipinski definition) is 6. The number of halogens is 1. The first-order valence-corrected chi connectivity index (χ1v) is 9.03. The van der Waals surface area contributed by atoms with Crippen molar-refractivity contribution in [1.82, 2.24) is 34.5 Å². The SMILES string of the molecule is CCc1cc2ncc(Cl)n2nc1-c1ccccc1.Nc1ncnc2nc[nH]c12. The molecule has 9 heteroatoms. The molecule has 28 heavy (non-hydrogen) atoms. The van der Waals surface area contributed by atoms with E-state index in [4.69, 9.17) is 17.3 Å². The van der Waals surface area contributed by atoms with Crippen molar-refractivity contribution in [3.05, 3.63) is 66.0 Å². The number of aromatic amines is 1. The van der Waals surface area contributed by atoms with Gasteiger partial charge in [0.25, 0.3) is 0 Å². The van der Waals surface area contributed by atoms with Crippen LogP contribution in [0.3, 0.4) is 0 Å². The Bertz CT molecular complexity index is 1230. The Morgan fingerprint density at radius 3 is 2.68 bits per heavy atom. The minimum atomic E-state index is 0.433. The second-order valence-corrected chi connectivity index (χ2v) is 6.34. The molecule has 1 aromatic carbocycles. The van der Waals surface area contributed by atoms with Crippen LogP contribution in [0.4, 0.5) is 5.82 Å². The van der Waals surface area contributed by atoms with Gasteiger partial charge in [-0.25, -0.2) is 24.5 Å². The number of benzene rings is 1. The van der Waals surface area contributed by atoms with Crippen molar-refractivity contribution in [2.75, 3.05) is 5.73 Å². The number of imidazole rings is 2. The van der Waals surface area contributed by atoms with Crippen LogP contribution in [0.1, 0.15) is 12.5 Å². The van der Waals surface area contributed by atoms with Crippen molar-refractivity contribution in [2.24, 2.45) is 0 Å². The maximum absolute atomic E-state index is 6.07. The van der Waals surface area contributed by atoms with Crippen LogP contribution in [0, 0.1) is 0 Å². The molecular weight excluding hydrogens is 376 g/mol. The summed E-state index contributed by atoms with van der Waals surface area (Å²) in [5, 5.41) is 5.13. The number of nitrogens with zero attached hydrogens (tertiary/aromatic N) is 6. The van der Waals surface area contributed by atoms with Crippen molar-refractivity contribution >= 4 is 34.2 Å². The molecule has 0 radical (unpaired) electrons. The number of nitrogen functional groups attached to an aromatic ring is 1. The summed E-state index contributed by atoms with van der Waals surface area (Å²) in [6.07, 6.45) is 5.46. The standard InChI is InChI=1S/C14H12ClN3.C5H5N5/c1-2-10-8-13-16-9-12(15)18(13)17-14(10)11-6-4-3-5-7-11;6-4-3-5(9-1-7-3)10-2-8-4/h3-9H,2H2,1H3;1-2H,(H3,6,7,8,9,10). The van der Waals surface area contributed by atoms with Gasteiger partial charge in [0.2, 0.25) is 0 Å². The van der Waals surface area contributed by atoms with Crippen molar-refractivity contribution in [2.45, 2.75) is 13.3 Å². The topological polar surface area (TPSA) is 111 Å². The van der Waals surface area contributed by atoms with E-state index in [9.17, 15) is 0 Å². The maximum Gasteiger partial charge on any atom is 0.182 e. The molecule has 0 saturated heterocycles. The van der Waals surface area contributed by atoms with E-state index in [0.29, 0.717) is 22.1 Å². The van der Waals surface area contributed by atoms with Crippen LogP contribution in [0.15, 0.2) is 55.2 Å². The molecule has 4 aromatic heterocycles. The number of H-pyrrole nitrogens is 1. The van der Waals surface area contributed by atoms with Gasteiger partial charge in [0.1, 0.15) is 11.8 Å². The number of anilines is 1. The highest BCUT2D eigenvalue weighted by Crippen LogP contribution is 2.24. The Kier molecular flexibility index (Phi) is 4.86. The van der Waals surface area contributed by atoms with Gasteiger partial charge in [-0.15, -0.1) is 0 Å². The smallest absolute Gasteiger partial charge is 0.182 e. The summed E-state index contributed by atoms with van der Waals surface area (Å²) in [6, 6.07) is 12.2. The molecule has 0 aliphatic carbocycles. The Hall–Kier alpha value is -3.52. The van der Waals surface area contributed by atoms with Crippen molar-refractivity contribution < 1.29 is 0 Å². The first-order chi connectivity index (χ1) is 13.7. The molecule has 0 spiro atoms. The largest absolute Gasteiger partial charge is 0.382 e. The average Bonchev–Trinajstić information content (AvgIpc) is 3.36. The quantitative estimate of drug-likeness (QED) is 0.475. The van der Waals surface area contributed by atoms with Gasteiger partial charge in [0, 0.05) is 5.56 Å². The highest BCUT2D eigenvalue weighted by molar-refractivity contribution is 6.29. The van der Waals surface area contributed by atoms with E-state index in [2.05, 4.69) is 49.1 Å². The fourth-order valence-corrected chi connectivity index (χ4v) is 2.99. The third-order valence-electron chi connectivity index (χ3n) is 4.21. The summed E-state index contributed by atoms with van der Waals surface area (Å²) in [4.78, 5) is 18.6. The molecule has 5 rings (SSSR count). The summed E-state index contributed by atoms with van der Waals surface area (Å²) in [5.41, 5.74) is 10.8. The van der Waals surface area contributed by atoms with Crippen molar-refractivity contribution in [3.8, 4) is 11.3 Å². The lowest BCUT2D eigenvalue weighted by Gasteiger charge is -2.08. The number of aromatic nitrogens is 7. The molecule has 0 unspecified atom stereocenters. The predicted octanol–water partition coefficient (Wildman–Crippen LogP) is 3.55. The van der Waals surface area contributed by atoms with E-state index < -0.39 is 0 Å². The molecule has 8 nitrogen and oxygen atoms in total. The highest BCUT2D eigenvalue weighted by Gasteiger charge is 2.10. The van der Waals surface area contributed by atoms with Gasteiger partial charge < -0.3 is 10.7 Å². The molecule has 0 saturated carbocycles. The molecule has 4 heterocycles. The maximum atomic E-state index is 6.07. The van der Waals surface area contributed by atoms with Crippen LogP contribution < -0.4 is 5.73 Å². The van der Waals surface area contributed by atoms with E-state index in [1.54, 1.807) is 10.7 Å². The molecule has 0 aliphatic heterocycles. The lowest BCUT2D eigenvalue weighted by Crippen LogP contribution is -1.99. The number of nitrogens with two attached hydrogens (primary N) is 1. The van der Waals surface area contributed by atoms with Crippen LogP contribution in [0.5, 0.6) is 0 Å². The van der Waals surface area contributed by atoms with Crippen LogP contribution in [0.25, 0.3) is 28.1 Å². The van der Waals surface area contributed by atoms with Crippen LogP contribution in [-0.2, 0) is 6.42 Å². The summed E-state index contributed by atoms with van der Waals surface area (Å²) >= 11 is 6.07. The van der Waals surface area contributed by atoms with Crippen LogP contribution in [0.2, 0.25) is 5.15 Å². The number of nitrogens with one attached hydrogen (secondary N) is 1. The van der Waals surface area contributed by atoms with Gasteiger partial charge in [-0.1, -0.05) is 48.9 Å². The normalized spacial score (nSPS) is 10.8. The van der Waals surface area contributed by atoms with Gasteiger partial charge in [-0.3, -0.25) is 0 Å². The van der Waals surface area contributed by atoms with Crippen LogP contribution >= 0.6 is 11.6 Å². The Labute approximate surface area is 165 Å². The zero-order valence-electron chi connectivity index (χ0n) is 15.0. The molecule has 0 bridgehead atoms. The van der Waals surface area contributed by atoms with E-state index >= 15 is 0 Å². The first-order valence-electron chi connectivity index (χ1n) is 8.65. The Morgan fingerprint density at radius 2 is 1.93 bits per heavy atom. The molecule has 0 amide bonds. The van der Waals surface area contributed by atoms with E-state index in [1.807, 2.05) is 24.3 Å². The highest BCUT2D eigenvalue weighted by atomic mass is 35.5. The van der Waals surface area contributed by atoms with Gasteiger partial charge >= 0.3 is 0 Å². The molecule has 140 valence electrons. The van der Waals surface area contributed by atoms with Gasteiger partial charge in [0.15, 0.2) is 22.3 Å². The minimum absolute atomic E-state index is 0.433. The van der Waals surface area contributed by atoms with Gasteiger partial charge in [-0.05, 0) is 18.1 Å². The zero-order valence-corrected chi connectivity index (χ0v) is 15.8. The Morgan fingerprint density at radius 1 is 1.11 bits per heavy atom. The van der Waals surface area contributed by atoms with Crippen molar-refractivity contribution in [1.29, 1.82) is 0 Å². The number of fused-ring (bicyclic) bond motifs is 2. The fraction of sp³-hybridized carbons (Fsp3) is 0.105. The number of rotatable bonds is 2. The molecule has 0 atom stereocenters. The summed E-state index contributed by atoms with van der Waals surface area (Å²) in [5.74, 6) is 0.433. The van der Waals surface area contributed by atoms with Gasteiger partial charge in [-0.2, -0.15) is 5.10 Å². The molecular formula is C19H17ClN8. The molecule has 0 fully saturated rings. The number of aryl methyl sites for hydroxylation is 1. The second kappa shape index (κ2) is 7.61. The Balaban J connectivity index is 0.000000162. The summed E-state index contributed by atoms with van der Waals surface area (Å²) < 4.78 is 1.67. The zero-order chi connectivity index (χ0) is 19.5. The fourth-order valence-electron chi connectivity index (χ4n) is 2.82. The van der Waals surface area contributed by atoms with E-state index in [-0.39, 0.29) is 0 Å². The van der Waals surface area contributed by atoms with Crippen molar-refractivity contribution in [3.63, 3.8) is 0 Å². The van der Waals surface area contributed by atoms with E-state index in [1.165, 1.54) is 18.2 Å². The summed E-state index contributed by atoms with van der Waals surface area (Å²) in [7, 11) is 0. The third kappa shape index (κ3) is 3.37. The van der Waals surface area contributed by atoms with E-state index in [0.717, 1.165) is 23.3 Å². The lowest BCUT2D eigenvalue weighted by atomic mass is 10.1. The number of hydrogen-bond donors (Lipinski definition) is 2. The first kappa shape index (κ1) is 17.9. The lowest BCUT2D eigenvalue weighted by molar-refractivity contribution is 0.921. The molecule has 0 aliphatic rings. The average molecular weight is 393 g/mol. The van der Waals surface area contributed by atoms with Crippen LogP contribution in [-0.4, -0.2) is 34.5 Å². The minimum Gasteiger partial charge on any atom is -0.382 e. The van der Waals surface area contributed by atoms with Gasteiger partial charge in [0.05, 0.1) is 18.2 Å².